The van der Waals surface area contributed by atoms with Crippen LogP contribution in [0.2, 0.25) is 12.1 Å². The van der Waals surface area contributed by atoms with E-state index < -0.39 is 18.1 Å². The van der Waals surface area contributed by atoms with E-state index in [1.807, 2.05) is 13.8 Å². The zero-order valence-corrected chi connectivity index (χ0v) is 22.3. The van der Waals surface area contributed by atoms with Crippen molar-refractivity contribution in [2.45, 2.75) is 76.4 Å². The molecule has 0 aromatic rings. The standard InChI is InChI=1S/C11H22O4Si.C10H22O4Si/c1-12-16(13-2,14-3)7-6-9-4-5-10-11(8-9)15-10;1-3-13-15(14-4-2)7-5-6-11-8-10-9-12-10/h9-11H,4-8H2,1-3H3;10,15H,3-9H2,1-2H3. The van der Waals surface area contributed by atoms with Crippen molar-refractivity contribution in [2.24, 2.45) is 5.92 Å². The van der Waals surface area contributed by atoms with Crippen LogP contribution in [0.25, 0.3) is 0 Å². The summed E-state index contributed by atoms with van der Waals surface area (Å²) in [7, 11) is 1.29. The molecule has 1 saturated carbocycles. The fourth-order valence-corrected chi connectivity index (χ4v) is 7.55. The molecule has 184 valence electrons. The van der Waals surface area contributed by atoms with Gasteiger partial charge in [0.25, 0.3) is 0 Å². The van der Waals surface area contributed by atoms with Crippen molar-refractivity contribution in [2.75, 3.05) is 54.4 Å². The number of hydrogen-bond donors (Lipinski definition) is 0. The summed E-state index contributed by atoms with van der Waals surface area (Å²) in [6.45, 7) is 7.95. The van der Waals surface area contributed by atoms with Gasteiger partial charge in [0.2, 0.25) is 0 Å². The highest BCUT2D eigenvalue weighted by Gasteiger charge is 2.45. The maximum absolute atomic E-state index is 5.56. The van der Waals surface area contributed by atoms with Gasteiger partial charge in [0.1, 0.15) is 6.10 Å². The molecule has 8 nitrogen and oxygen atoms in total. The van der Waals surface area contributed by atoms with Crippen molar-refractivity contribution >= 4 is 18.1 Å². The van der Waals surface area contributed by atoms with E-state index in [0.29, 0.717) is 18.3 Å². The molecule has 2 heterocycles. The fraction of sp³-hybridized carbons (Fsp3) is 1.00. The van der Waals surface area contributed by atoms with E-state index in [-0.39, 0.29) is 0 Å². The van der Waals surface area contributed by atoms with Gasteiger partial charge in [-0.25, -0.2) is 0 Å². The van der Waals surface area contributed by atoms with Gasteiger partial charge < -0.3 is 36.3 Å². The van der Waals surface area contributed by atoms with Crippen LogP contribution >= 0.6 is 0 Å². The summed E-state index contributed by atoms with van der Waals surface area (Å²) in [6.07, 6.45) is 7.41. The first-order valence-electron chi connectivity index (χ1n) is 11.8. The van der Waals surface area contributed by atoms with Crippen LogP contribution in [0.1, 0.15) is 46.0 Å². The van der Waals surface area contributed by atoms with E-state index in [1.54, 1.807) is 21.3 Å². The Kier molecular flexibility index (Phi) is 13.3. The Hall–Kier alpha value is 0.114. The summed E-state index contributed by atoms with van der Waals surface area (Å²) >= 11 is 0. The van der Waals surface area contributed by atoms with Crippen LogP contribution in [-0.2, 0) is 36.3 Å². The van der Waals surface area contributed by atoms with Gasteiger partial charge in [0.05, 0.1) is 25.4 Å². The van der Waals surface area contributed by atoms with E-state index in [1.165, 1.54) is 19.3 Å². The fourth-order valence-electron chi connectivity index (χ4n) is 4.00. The van der Waals surface area contributed by atoms with E-state index in [0.717, 1.165) is 63.9 Å². The van der Waals surface area contributed by atoms with Crippen LogP contribution in [0, 0.1) is 5.92 Å². The minimum atomic E-state index is -2.35. The molecule has 2 saturated heterocycles. The van der Waals surface area contributed by atoms with E-state index >= 15 is 0 Å². The van der Waals surface area contributed by atoms with Crippen LogP contribution in [0.3, 0.4) is 0 Å². The first-order chi connectivity index (χ1) is 15.1. The van der Waals surface area contributed by atoms with Crippen molar-refractivity contribution < 1.29 is 36.3 Å². The lowest BCUT2D eigenvalue weighted by molar-refractivity contribution is 0.114. The third-order valence-electron chi connectivity index (χ3n) is 6.04. The Morgan fingerprint density at radius 1 is 0.968 bits per heavy atom. The molecule has 0 N–H and O–H groups in total. The van der Waals surface area contributed by atoms with Crippen LogP contribution in [0.5, 0.6) is 0 Å². The topological polar surface area (TPSA) is 80.4 Å². The van der Waals surface area contributed by atoms with Gasteiger partial charge in [0, 0.05) is 47.2 Å². The zero-order valence-electron chi connectivity index (χ0n) is 20.1. The van der Waals surface area contributed by atoms with Gasteiger partial charge >= 0.3 is 18.1 Å². The SMILES string of the molecule is CCO[SiH](CCCOCC1CO1)OCC.CO[Si](CCC1CCC2OC2C1)(OC)OC. The molecule has 0 radical (unpaired) electrons. The molecule has 0 aromatic carbocycles. The smallest absolute Gasteiger partial charge is 0.397 e. The second-order valence-corrected chi connectivity index (χ2v) is 13.4. The molecular formula is C21H44O8Si2. The lowest BCUT2D eigenvalue weighted by Gasteiger charge is -2.27. The van der Waals surface area contributed by atoms with Crippen LogP contribution < -0.4 is 0 Å². The number of epoxide rings is 2. The van der Waals surface area contributed by atoms with Crippen molar-refractivity contribution in [3.8, 4) is 0 Å². The molecule has 4 atom stereocenters. The highest BCUT2D eigenvalue weighted by molar-refractivity contribution is 6.60. The molecule has 3 fully saturated rings. The number of fused-ring (bicyclic) bond motifs is 1. The largest absolute Gasteiger partial charge is 0.500 e. The average Bonchev–Trinajstić information content (AvgIpc) is 3.71. The number of ether oxygens (including phenoxy) is 3. The highest BCUT2D eigenvalue weighted by atomic mass is 28.4. The molecular weight excluding hydrogens is 436 g/mol. The maximum atomic E-state index is 5.56. The van der Waals surface area contributed by atoms with Crippen LogP contribution in [0.4, 0.5) is 0 Å². The quantitative estimate of drug-likeness (QED) is 0.190. The van der Waals surface area contributed by atoms with Gasteiger partial charge in [-0.3, -0.25) is 0 Å². The molecule has 0 aromatic heterocycles. The van der Waals surface area contributed by atoms with E-state index in [2.05, 4.69) is 0 Å². The normalized spacial score (nSPS) is 26.9. The molecule has 0 amide bonds. The Morgan fingerprint density at radius 3 is 2.19 bits per heavy atom. The molecule has 10 heteroatoms. The monoisotopic (exact) mass is 480 g/mol. The molecule has 4 unspecified atom stereocenters. The number of rotatable bonds is 16. The van der Waals surface area contributed by atoms with Crippen molar-refractivity contribution in [1.82, 2.24) is 0 Å². The first kappa shape index (κ1) is 27.4. The Bertz CT molecular complexity index is 450. The van der Waals surface area contributed by atoms with Gasteiger partial charge in [-0.1, -0.05) is 0 Å². The lowest BCUT2D eigenvalue weighted by atomic mass is 9.88. The molecule has 31 heavy (non-hydrogen) atoms. The maximum Gasteiger partial charge on any atom is 0.500 e. The summed E-state index contributed by atoms with van der Waals surface area (Å²) in [6, 6.07) is 1.95. The third-order valence-corrected chi connectivity index (χ3v) is 11.1. The summed E-state index contributed by atoms with van der Waals surface area (Å²) in [5, 5.41) is 0. The minimum absolute atomic E-state index is 0.372. The molecule has 3 rings (SSSR count). The van der Waals surface area contributed by atoms with Gasteiger partial charge in [-0.05, 0) is 57.9 Å². The molecule has 2 aliphatic heterocycles. The molecule has 1 aliphatic carbocycles. The van der Waals surface area contributed by atoms with Gasteiger partial charge in [-0.2, -0.15) is 0 Å². The van der Waals surface area contributed by atoms with Gasteiger partial charge in [0.15, 0.2) is 0 Å². The Labute approximate surface area is 191 Å². The van der Waals surface area contributed by atoms with Gasteiger partial charge in [-0.15, -0.1) is 0 Å². The van der Waals surface area contributed by atoms with E-state index in [9.17, 15) is 0 Å². The predicted octanol–water partition coefficient (Wildman–Crippen LogP) is 2.91. The van der Waals surface area contributed by atoms with Crippen LogP contribution in [-0.4, -0.2) is 90.8 Å². The predicted molar refractivity (Wildman–Crippen MR) is 123 cm³/mol. The zero-order chi connectivity index (χ0) is 22.5. The summed E-state index contributed by atoms with van der Waals surface area (Å²) in [4.78, 5) is 0. The Morgan fingerprint density at radius 2 is 1.65 bits per heavy atom. The first-order valence-corrected chi connectivity index (χ1v) is 15.5. The molecule has 0 bridgehead atoms. The summed E-state index contributed by atoms with van der Waals surface area (Å²) in [5.41, 5.74) is 0. The second-order valence-electron chi connectivity index (χ2n) is 8.24. The van der Waals surface area contributed by atoms with Crippen molar-refractivity contribution in [3.63, 3.8) is 0 Å². The highest BCUT2D eigenvalue weighted by Crippen LogP contribution is 2.41. The average molecular weight is 481 g/mol. The van der Waals surface area contributed by atoms with E-state index in [4.69, 9.17) is 36.3 Å². The number of hydrogen-bond acceptors (Lipinski definition) is 8. The summed E-state index contributed by atoms with van der Waals surface area (Å²) < 4.78 is 43.4. The Balaban J connectivity index is 0.000000221. The molecule has 3 aliphatic rings. The summed E-state index contributed by atoms with van der Waals surface area (Å²) in [5.74, 6) is 0.760. The minimum Gasteiger partial charge on any atom is -0.397 e. The van der Waals surface area contributed by atoms with Crippen LogP contribution in [0.15, 0.2) is 0 Å². The lowest BCUT2D eigenvalue weighted by Crippen LogP contribution is -2.43. The van der Waals surface area contributed by atoms with Crippen molar-refractivity contribution in [3.05, 3.63) is 0 Å². The molecule has 0 spiro atoms. The van der Waals surface area contributed by atoms with Crippen molar-refractivity contribution in [1.29, 1.82) is 0 Å². The second kappa shape index (κ2) is 15.1. The third kappa shape index (κ3) is 10.7.